The molecule has 0 aliphatic carbocycles. The summed E-state index contributed by atoms with van der Waals surface area (Å²) in [5.41, 5.74) is 12.2. The number of aryl methyl sites for hydroxylation is 1. The van der Waals surface area contributed by atoms with E-state index in [-0.39, 0.29) is 0 Å². The minimum atomic E-state index is 0.838. The summed E-state index contributed by atoms with van der Waals surface area (Å²) >= 11 is 0. The fourth-order valence-electron chi connectivity index (χ4n) is 6.15. The Bertz CT molecular complexity index is 1770. The highest BCUT2D eigenvalue weighted by molar-refractivity contribution is 6.06. The lowest BCUT2D eigenvalue weighted by Crippen LogP contribution is -2.22. The van der Waals surface area contributed by atoms with Crippen LogP contribution in [0.2, 0.25) is 0 Å². The molecule has 4 heterocycles. The highest BCUT2D eigenvalue weighted by atomic mass is 16.5. The van der Waals surface area contributed by atoms with Crippen molar-refractivity contribution < 1.29 is 9.47 Å². The molecule has 0 amide bonds. The molecule has 39 heavy (non-hydrogen) atoms. The maximum atomic E-state index is 5.45. The van der Waals surface area contributed by atoms with Crippen molar-refractivity contribution in [2.45, 2.75) is 25.7 Å². The number of hydrogen-bond acceptors (Lipinski definition) is 4. The van der Waals surface area contributed by atoms with Gasteiger partial charge in [0.05, 0.1) is 37.0 Å². The van der Waals surface area contributed by atoms with E-state index in [1.165, 1.54) is 44.4 Å². The van der Waals surface area contributed by atoms with Crippen molar-refractivity contribution in [1.82, 2.24) is 15.3 Å². The number of fused-ring (bicyclic) bond motifs is 6. The first-order chi connectivity index (χ1) is 19.2. The SMILES string of the molecule is COc1ccc2c3c([nH]c2c1)C(CCc1ccccc1/C=C1\NCCc2c1[nH]c1cc(OC)ccc21)=NCC3. The molecule has 2 aliphatic rings. The first-order valence-electron chi connectivity index (χ1n) is 13.7. The zero-order valence-electron chi connectivity index (χ0n) is 22.4. The molecule has 3 aromatic carbocycles. The Labute approximate surface area is 227 Å². The van der Waals surface area contributed by atoms with Crippen molar-refractivity contribution in [2.75, 3.05) is 27.3 Å². The largest absolute Gasteiger partial charge is 0.497 e. The molecule has 2 aromatic heterocycles. The lowest BCUT2D eigenvalue weighted by Gasteiger charge is -2.19. The Kier molecular flexibility index (Phi) is 5.88. The molecule has 0 bridgehead atoms. The summed E-state index contributed by atoms with van der Waals surface area (Å²) in [7, 11) is 3.42. The van der Waals surface area contributed by atoms with Crippen molar-refractivity contribution in [3.05, 3.63) is 94.3 Å². The van der Waals surface area contributed by atoms with Crippen LogP contribution < -0.4 is 14.8 Å². The third-order valence-electron chi connectivity index (χ3n) is 8.13. The molecule has 5 aromatic rings. The summed E-state index contributed by atoms with van der Waals surface area (Å²) in [5, 5.41) is 6.19. The average Bonchev–Trinajstić information content (AvgIpc) is 3.55. The molecule has 0 fully saturated rings. The van der Waals surface area contributed by atoms with Crippen LogP contribution in [0.4, 0.5) is 0 Å². The highest BCUT2D eigenvalue weighted by Crippen LogP contribution is 2.33. The predicted octanol–water partition coefficient (Wildman–Crippen LogP) is 6.29. The van der Waals surface area contributed by atoms with Crippen molar-refractivity contribution in [2.24, 2.45) is 4.99 Å². The minimum Gasteiger partial charge on any atom is -0.497 e. The number of rotatable bonds is 6. The molecule has 7 rings (SSSR count). The number of aliphatic imine (C=N–C) groups is 1. The van der Waals surface area contributed by atoms with Gasteiger partial charge in [-0.05, 0) is 78.3 Å². The van der Waals surface area contributed by atoms with Crippen LogP contribution in [0.5, 0.6) is 11.5 Å². The van der Waals surface area contributed by atoms with E-state index >= 15 is 0 Å². The summed E-state index contributed by atoms with van der Waals surface area (Å²) in [6, 6.07) is 21.3. The second-order valence-corrected chi connectivity index (χ2v) is 10.3. The molecule has 3 N–H and O–H groups in total. The summed E-state index contributed by atoms with van der Waals surface area (Å²) in [5.74, 6) is 1.74. The van der Waals surface area contributed by atoms with E-state index < -0.39 is 0 Å². The predicted molar refractivity (Wildman–Crippen MR) is 159 cm³/mol. The first-order valence-corrected chi connectivity index (χ1v) is 13.7. The molecule has 0 atom stereocenters. The summed E-state index contributed by atoms with van der Waals surface area (Å²) in [4.78, 5) is 12.2. The van der Waals surface area contributed by atoms with Crippen molar-refractivity contribution in [1.29, 1.82) is 0 Å². The Morgan fingerprint density at radius 1 is 0.795 bits per heavy atom. The van der Waals surface area contributed by atoms with Gasteiger partial charge in [-0.15, -0.1) is 0 Å². The Balaban J connectivity index is 1.18. The quantitative estimate of drug-likeness (QED) is 0.248. The lowest BCUT2D eigenvalue weighted by molar-refractivity contribution is 0.415. The molecular weight excluding hydrogens is 484 g/mol. The average molecular weight is 517 g/mol. The number of nitrogens with zero attached hydrogens (tertiary/aromatic N) is 1. The normalized spacial score (nSPS) is 15.6. The number of methoxy groups -OCH3 is 2. The highest BCUT2D eigenvalue weighted by Gasteiger charge is 2.22. The number of hydrogen-bond donors (Lipinski definition) is 3. The van der Waals surface area contributed by atoms with Gasteiger partial charge >= 0.3 is 0 Å². The van der Waals surface area contributed by atoms with Crippen molar-refractivity contribution in [3.63, 3.8) is 0 Å². The molecule has 6 heteroatoms. The number of benzene rings is 3. The van der Waals surface area contributed by atoms with E-state index in [0.29, 0.717) is 0 Å². The van der Waals surface area contributed by atoms with Gasteiger partial charge < -0.3 is 24.8 Å². The Morgan fingerprint density at radius 3 is 2.23 bits per heavy atom. The van der Waals surface area contributed by atoms with Crippen LogP contribution >= 0.6 is 0 Å². The Hall–Kier alpha value is -4.45. The number of ether oxygens (including phenoxy) is 2. The fourth-order valence-corrected chi connectivity index (χ4v) is 6.15. The molecular formula is C33H32N4O2. The molecule has 0 unspecified atom stereocenters. The minimum absolute atomic E-state index is 0.838. The second kappa shape index (κ2) is 9.70. The summed E-state index contributed by atoms with van der Waals surface area (Å²) < 4.78 is 10.9. The third kappa shape index (κ3) is 4.16. The maximum absolute atomic E-state index is 5.45. The molecule has 0 spiro atoms. The van der Waals surface area contributed by atoms with E-state index in [9.17, 15) is 0 Å². The van der Waals surface area contributed by atoms with Crippen molar-refractivity contribution >= 4 is 39.3 Å². The smallest absolute Gasteiger partial charge is 0.120 e. The lowest BCUT2D eigenvalue weighted by atomic mass is 9.95. The monoisotopic (exact) mass is 516 g/mol. The second-order valence-electron chi connectivity index (χ2n) is 10.3. The van der Waals surface area contributed by atoms with Gasteiger partial charge in [0.15, 0.2) is 0 Å². The van der Waals surface area contributed by atoms with E-state index in [4.69, 9.17) is 14.5 Å². The first kappa shape index (κ1) is 23.7. The van der Waals surface area contributed by atoms with Gasteiger partial charge in [-0.3, -0.25) is 4.99 Å². The van der Waals surface area contributed by atoms with Crippen molar-refractivity contribution in [3.8, 4) is 11.5 Å². The topological polar surface area (TPSA) is 74.4 Å². The van der Waals surface area contributed by atoms with Crippen LogP contribution in [-0.2, 0) is 19.3 Å². The zero-order valence-corrected chi connectivity index (χ0v) is 22.4. The van der Waals surface area contributed by atoms with Gasteiger partial charge in [-0.25, -0.2) is 0 Å². The van der Waals surface area contributed by atoms with Gasteiger partial charge in [-0.2, -0.15) is 0 Å². The number of H-pyrrole nitrogens is 2. The molecule has 0 saturated heterocycles. The van der Waals surface area contributed by atoms with Gasteiger partial charge in [0, 0.05) is 47.0 Å². The van der Waals surface area contributed by atoms with E-state index in [1.807, 2.05) is 12.1 Å². The van der Waals surface area contributed by atoms with E-state index in [1.54, 1.807) is 14.2 Å². The molecule has 0 radical (unpaired) electrons. The standard InChI is InChI=1S/C33H32N4O2/c1-38-22-8-10-24-26-13-15-34-28(32(26)36-29(24)18-22)12-7-20-5-3-4-6-21(20)17-31-33-27(14-16-35-31)25-11-9-23(39-2)19-30(25)37-33/h3-6,8-11,17-19,35-37H,7,12-16H2,1-2H3/b31-17-. The van der Waals surface area contributed by atoms with Gasteiger partial charge in [-0.1, -0.05) is 24.3 Å². The molecule has 6 nitrogen and oxygen atoms in total. The van der Waals surface area contributed by atoms with Gasteiger partial charge in [0.25, 0.3) is 0 Å². The van der Waals surface area contributed by atoms with Crippen LogP contribution in [0.1, 0.15) is 40.1 Å². The fraction of sp³-hybridized carbons (Fsp3) is 0.242. The van der Waals surface area contributed by atoms with Crippen LogP contribution in [0, 0.1) is 0 Å². The van der Waals surface area contributed by atoms with Gasteiger partial charge in [0.1, 0.15) is 11.5 Å². The van der Waals surface area contributed by atoms with Crippen LogP contribution in [0.15, 0.2) is 65.7 Å². The van der Waals surface area contributed by atoms with Gasteiger partial charge in [0.2, 0.25) is 0 Å². The third-order valence-corrected chi connectivity index (χ3v) is 8.13. The van der Waals surface area contributed by atoms with E-state index in [2.05, 4.69) is 69.9 Å². The van der Waals surface area contributed by atoms with E-state index in [0.717, 1.165) is 72.7 Å². The molecule has 0 saturated carbocycles. The number of aromatic nitrogens is 2. The zero-order chi connectivity index (χ0) is 26.3. The van der Waals surface area contributed by atoms with Crippen LogP contribution in [-0.4, -0.2) is 43.0 Å². The Morgan fingerprint density at radius 2 is 1.49 bits per heavy atom. The number of aromatic amines is 2. The molecule has 2 aliphatic heterocycles. The maximum Gasteiger partial charge on any atom is 0.120 e. The number of nitrogens with one attached hydrogen (secondary N) is 3. The summed E-state index contributed by atoms with van der Waals surface area (Å²) in [6.07, 6.45) is 6.08. The van der Waals surface area contributed by atoms with Crippen LogP contribution in [0.3, 0.4) is 0 Å². The van der Waals surface area contributed by atoms with Crippen LogP contribution in [0.25, 0.3) is 33.6 Å². The summed E-state index contributed by atoms with van der Waals surface area (Å²) in [6.45, 7) is 1.76. The molecule has 196 valence electrons.